The molecule has 0 saturated heterocycles. The van der Waals surface area contributed by atoms with E-state index in [0.29, 0.717) is 0 Å². The van der Waals surface area contributed by atoms with E-state index in [1.807, 2.05) is 25.3 Å². The molecule has 2 aromatic rings. The Kier molecular flexibility index (Phi) is 4.87. The molecule has 0 spiro atoms. The Hall–Kier alpha value is -2.40. The van der Waals surface area contributed by atoms with Gasteiger partial charge in [0, 0.05) is 35.2 Å². The van der Waals surface area contributed by atoms with Gasteiger partial charge in [0.25, 0.3) is 5.92 Å². The zero-order valence-electron chi connectivity index (χ0n) is 15.0. The zero-order valence-corrected chi connectivity index (χ0v) is 15.8. The number of aryl methyl sites for hydroxylation is 1. The van der Waals surface area contributed by atoms with Crippen LogP contribution in [-0.2, 0) is 12.3 Å². The Morgan fingerprint density at radius 3 is 2.37 bits per heavy atom. The number of rotatable bonds is 4. The summed E-state index contributed by atoms with van der Waals surface area (Å²) in [7, 11) is 0. The van der Waals surface area contributed by atoms with Crippen molar-refractivity contribution in [2.75, 3.05) is 12.3 Å². The summed E-state index contributed by atoms with van der Waals surface area (Å²) in [6.45, 7) is 2.92. The van der Waals surface area contributed by atoms with Crippen molar-refractivity contribution in [2.45, 2.75) is 19.3 Å². The molecule has 2 aliphatic rings. The van der Waals surface area contributed by atoms with Gasteiger partial charge in [-0.05, 0) is 41.6 Å². The lowest BCUT2D eigenvalue weighted by Gasteiger charge is -2.29. The molecule has 4 rings (SSSR count). The van der Waals surface area contributed by atoms with Gasteiger partial charge in [-0.15, -0.1) is 0 Å². The van der Waals surface area contributed by atoms with E-state index in [2.05, 4.69) is 9.30 Å². The van der Waals surface area contributed by atoms with Crippen molar-refractivity contribution in [3.05, 3.63) is 89.1 Å². The largest absolute Gasteiger partial charge is 0.331 e. The highest BCUT2D eigenvalue weighted by atomic mass is 32.2. The SMILES string of the molecule is CCc1ccc(C(F)(F)c2ccc(C3=CC=CN4CCSN=C34)cc2)cc1. The number of benzene rings is 2. The van der Waals surface area contributed by atoms with Crippen LogP contribution in [0.2, 0.25) is 0 Å². The van der Waals surface area contributed by atoms with Gasteiger partial charge in [0.15, 0.2) is 0 Å². The first-order valence-corrected chi connectivity index (χ1v) is 9.97. The molecule has 0 aliphatic carbocycles. The molecule has 0 radical (unpaired) electrons. The Morgan fingerprint density at radius 2 is 1.70 bits per heavy atom. The first kappa shape index (κ1) is 18.0. The zero-order chi connectivity index (χ0) is 18.9. The highest BCUT2D eigenvalue weighted by molar-refractivity contribution is 7.98. The molecule has 0 bridgehead atoms. The van der Waals surface area contributed by atoms with Crippen LogP contribution >= 0.6 is 11.9 Å². The lowest BCUT2D eigenvalue weighted by Crippen LogP contribution is -2.32. The van der Waals surface area contributed by atoms with Crippen LogP contribution in [0.15, 0.2) is 71.3 Å². The third kappa shape index (κ3) is 3.44. The fraction of sp³-hybridized carbons (Fsp3) is 0.227. The van der Waals surface area contributed by atoms with Crippen molar-refractivity contribution < 1.29 is 8.78 Å². The smallest absolute Gasteiger partial charge is 0.298 e. The normalized spacial score (nSPS) is 16.6. The molecular weight excluding hydrogens is 362 g/mol. The monoisotopic (exact) mass is 382 g/mol. The van der Waals surface area contributed by atoms with Crippen molar-refractivity contribution in [2.24, 2.45) is 4.40 Å². The minimum atomic E-state index is -3.02. The minimum Gasteiger partial charge on any atom is -0.331 e. The van der Waals surface area contributed by atoms with Crippen molar-refractivity contribution >= 4 is 23.4 Å². The highest BCUT2D eigenvalue weighted by Gasteiger charge is 2.34. The molecule has 0 unspecified atom stereocenters. The molecule has 0 fully saturated rings. The summed E-state index contributed by atoms with van der Waals surface area (Å²) >= 11 is 1.54. The van der Waals surface area contributed by atoms with Gasteiger partial charge >= 0.3 is 0 Å². The first-order chi connectivity index (χ1) is 13.1. The van der Waals surface area contributed by atoms with E-state index in [1.54, 1.807) is 24.3 Å². The molecule has 27 heavy (non-hydrogen) atoms. The van der Waals surface area contributed by atoms with Crippen LogP contribution in [0.25, 0.3) is 5.57 Å². The lowest BCUT2D eigenvalue weighted by molar-refractivity contribution is 0.0428. The fourth-order valence-corrected chi connectivity index (χ4v) is 3.97. The van der Waals surface area contributed by atoms with Crippen LogP contribution < -0.4 is 0 Å². The van der Waals surface area contributed by atoms with Crippen molar-refractivity contribution in [1.29, 1.82) is 0 Å². The van der Waals surface area contributed by atoms with Gasteiger partial charge in [0.05, 0.1) is 0 Å². The average Bonchev–Trinajstić information content (AvgIpc) is 2.73. The quantitative estimate of drug-likeness (QED) is 0.634. The van der Waals surface area contributed by atoms with Crippen molar-refractivity contribution in [3.8, 4) is 0 Å². The molecule has 0 N–H and O–H groups in total. The predicted octanol–water partition coefficient (Wildman–Crippen LogP) is 5.66. The Bertz CT molecular complexity index is 912. The number of halogens is 2. The summed E-state index contributed by atoms with van der Waals surface area (Å²) in [5, 5.41) is 0. The molecule has 0 atom stereocenters. The lowest BCUT2D eigenvalue weighted by atomic mass is 9.95. The number of allylic oxidation sites excluding steroid dienone is 2. The molecule has 0 amide bonds. The third-order valence-corrected chi connectivity index (χ3v) is 5.57. The second kappa shape index (κ2) is 7.31. The number of amidine groups is 1. The number of hydrogen-bond acceptors (Lipinski definition) is 3. The van der Waals surface area contributed by atoms with Gasteiger partial charge in [0.1, 0.15) is 5.84 Å². The molecule has 2 aliphatic heterocycles. The molecule has 5 heteroatoms. The summed E-state index contributed by atoms with van der Waals surface area (Å²) in [5.41, 5.74) is 2.93. The molecule has 2 heterocycles. The van der Waals surface area contributed by atoms with Crippen LogP contribution in [0.3, 0.4) is 0 Å². The molecule has 138 valence electrons. The molecular formula is C22H20F2N2S. The van der Waals surface area contributed by atoms with E-state index in [9.17, 15) is 8.78 Å². The Labute approximate surface area is 162 Å². The van der Waals surface area contributed by atoms with Crippen LogP contribution in [0.1, 0.15) is 29.2 Å². The third-order valence-electron chi connectivity index (χ3n) is 4.90. The maximum absolute atomic E-state index is 14.9. The Balaban J connectivity index is 1.62. The number of alkyl halides is 2. The van der Waals surface area contributed by atoms with Crippen LogP contribution in [-0.4, -0.2) is 23.0 Å². The summed E-state index contributed by atoms with van der Waals surface area (Å²) in [6, 6.07) is 13.1. The van der Waals surface area contributed by atoms with Gasteiger partial charge in [-0.3, -0.25) is 0 Å². The van der Waals surface area contributed by atoms with E-state index >= 15 is 0 Å². The van der Waals surface area contributed by atoms with Gasteiger partial charge in [-0.25, -0.2) is 0 Å². The van der Waals surface area contributed by atoms with Crippen LogP contribution in [0.5, 0.6) is 0 Å². The molecule has 0 saturated carbocycles. The van der Waals surface area contributed by atoms with E-state index in [4.69, 9.17) is 0 Å². The van der Waals surface area contributed by atoms with Gasteiger partial charge in [-0.1, -0.05) is 55.5 Å². The summed E-state index contributed by atoms with van der Waals surface area (Å²) < 4.78 is 34.3. The summed E-state index contributed by atoms with van der Waals surface area (Å²) in [6.07, 6.45) is 6.80. The minimum absolute atomic E-state index is 0.000681. The topological polar surface area (TPSA) is 15.6 Å². The van der Waals surface area contributed by atoms with E-state index < -0.39 is 5.92 Å². The first-order valence-electron chi connectivity index (χ1n) is 9.03. The van der Waals surface area contributed by atoms with E-state index in [-0.39, 0.29) is 11.1 Å². The van der Waals surface area contributed by atoms with Gasteiger partial charge in [-0.2, -0.15) is 13.2 Å². The van der Waals surface area contributed by atoms with Crippen molar-refractivity contribution in [1.82, 2.24) is 4.90 Å². The standard InChI is InChI=1S/C22H20F2N2S/c1-2-16-5-9-18(10-6-16)22(23,24)19-11-7-17(8-12-19)20-4-3-13-26-14-15-27-25-21(20)26/h3-13H,2,14-15H2,1H3. The summed E-state index contributed by atoms with van der Waals surface area (Å²) in [4.78, 5) is 2.10. The van der Waals surface area contributed by atoms with Crippen LogP contribution in [0, 0.1) is 0 Å². The summed E-state index contributed by atoms with van der Waals surface area (Å²) in [5.74, 6) is -1.18. The maximum atomic E-state index is 14.9. The molecule has 2 nitrogen and oxygen atoms in total. The highest BCUT2D eigenvalue weighted by Crippen LogP contribution is 2.37. The van der Waals surface area contributed by atoms with Crippen molar-refractivity contribution in [3.63, 3.8) is 0 Å². The average molecular weight is 382 g/mol. The number of hydrogen-bond donors (Lipinski definition) is 0. The second-order valence-corrected chi connectivity index (χ2v) is 7.41. The second-order valence-electron chi connectivity index (χ2n) is 6.57. The van der Waals surface area contributed by atoms with Crippen LogP contribution in [0.4, 0.5) is 8.78 Å². The Morgan fingerprint density at radius 1 is 1.04 bits per heavy atom. The molecule has 0 aromatic heterocycles. The van der Waals surface area contributed by atoms with E-state index in [1.165, 1.54) is 36.2 Å². The molecule has 2 aromatic carbocycles. The number of nitrogens with zero attached hydrogens (tertiary/aromatic N) is 2. The number of fused-ring (bicyclic) bond motifs is 1. The maximum Gasteiger partial charge on any atom is 0.298 e. The fourth-order valence-electron chi connectivity index (χ4n) is 3.27. The predicted molar refractivity (Wildman–Crippen MR) is 109 cm³/mol. The van der Waals surface area contributed by atoms with E-state index in [0.717, 1.165) is 41.3 Å². The van der Waals surface area contributed by atoms with Gasteiger partial charge < -0.3 is 4.90 Å². The van der Waals surface area contributed by atoms with Gasteiger partial charge in [0.2, 0.25) is 0 Å².